The monoisotopic (exact) mass is 384 g/mol. The highest BCUT2D eigenvalue weighted by molar-refractivity contribution is 5.93. The number of H-pyrrole nitrogens is 1. The summed E-state index contributed by atoms with van der Waals surface area (Å²) in [5.74, 6) is 1.44. The summed E-state index contributed by atoms with van der Waals surface area (Å²) in [6, 6.07) is 7.94. The Bertz CT molecular complexity index is 801. The Morgan fingerprint density at radius 3 is 2.86 bits per heavy atom. The molecule has 150 valence electrons. The minimum absolute atomic E-state index is 0.107. The van der Waals surface area contributed by atoms with E-state index in [0.29, 0.717) is 25.5 Å². The first-order valence-electron chi connectivity index (χ1n) is 10.2. The molecule has 28 heavy (non-hydrogen) atoms. The van der Waals surface area contributed by atoms with E-state index in [1.807, 2.05) is 25.1 Å². The number of aryl methyl sites for hydroxylation is 1. The first-order chi connectivity index (χ1) is 13.7. The van der Waals surface area contributed by atoms with Crippen LogP contribution in [0.4, 0.5) is 16.2 Å². The standard InChI is InChI=1S/C20H28N6O2/c1-2-18-22-19(24-23-18)17-14-26(12-13-28-17)20(27)21-15-8-4-5-9-16(15)25-10-6-3-7-11-25/h4-5,8-9,17H,2-3,6-7,10-14H2,1H3,(H,21,27)(H,22,23,24). The average molecular weight is 384 g/mol. The van der Waals surface area contributed by atoms with Gasteiger partial charge in [-0.1, -0.05) is 19.1 Å². The van der Waals surface area contributed by atoms with Crippen molar-refractivity contribution in [3.63, 3.8) is 0 Å². The molecule has 1 aromatic carbocycles. The molecule has 2 amide bonds. The van der Waals surface area contributed by atoms with Crippen molar-refractivity contribution in [1.29, 1.82) is 0 Å². The van der Waals surface area contributed by atoms with Crippen LogP contribution in [0, 0.1) is 0 Å². The number of para-hydroxylation sites is 2. The van der Waals surface area contributed by atoms with Crippen molar-refractivity contribution in [1.82, 2.24) is 20.1 Å². The first kappa shape index (κ1) is 18.7. The lowest BCUT2D eigenvalue weighted by atomic mass is 10.1. The molecule has 0 bridgehead atoms. The molecule has 8 nitrogen and oxygen atoms in total. The van der Waals surface area contributed by atoms with E-state index in [1.165, 1.54) is 19.3 Å². The maximum Gasteiger partial charge on any atom is 0.322 e. The van der Waals surface area contributed by atoms with Crippen LogP contribution in [0.5, 0.6) is 0 Å². The third kappa shape index (κ3) is 4.11. The van der Waals surface area contributed by atoms with E-state index >= 15 is 0 Å². The van der Waals surface area contributed by atoms with Crippen LogP contribution in [0.25, 0.3) is 0 Å². The van der Waals surface area contributed by atoms with Crippen LogP contribution >= 0.6 is 0 Å². The Morgan fingerprint density at radius 2 is 2.07 bits per heavy atom. The molecule has 1 aromatic heterocycles. The fourth-order valence-corrected chi connectivity index (χ4v) is 3.79. The highest BCUT2D eigenvalue weighted by atomic mass is 16.5. The van der Waals surface area contributed by atoms with Crippen molar-refractivity contribution in [2.24, 2.45) is 0 Å². The molecule has 2 fully saturated rings. The number of aromatic amines is 1. The Balaban J connectivity index is 1.43. The average Bonchev–Trinajstić information content (AvgIpc) is 3.24. The van der Waals surface area contributed by atoms with Crippen LogP contribution in [0.15, 0.2) is 24.3 Å². The summed E-state index contributed by atoms with van der Waals surface area (Å²) >= 11 is 0. The zero-order valence-corrected chi connectivity index (χ0v) is 16.4. The number of carbonyl (C=O) groups is 1. The summed E-state index contributed by atoms with van der Waals surface area (Å²) in [5.41, 5.74) is 1.96. The number of amides is 2. The van der Waals surface area contributed by atoms with Gasteiger partial charge in [-0.25, -0.2) is 9.78 Å². The van der Waals surface area contributed by atoms with Gasteiger partial charge >= 0.3 is 6.03 Å². The number of anilines is 2. The molecule has 3 heterocycles. The van der Waals surface area contributed by atoms with Crippen LogP contribution < -0.4 is 10.2 Å². The molecular formula is C20H28N6O2. The second-order valence-corrected chi connectivity index (χ2v) is 7.29. The molecule has 1 atom stereocenters. The zero-order valence-electron chi connectivity index (χ0n) is 16.4. The number of ether oxygens (including phenoxy) is 1. The van der Waals surface area contributed by atoms with Gasteiger partial charge < -0.3 is 19.9 Å². The maximum absolute atomic E-state index is 12.9. The van der Waals surface area contributed by atoms with E-state index in [1.54, 1.807) is 4.90 Å². The van der Waals surface area contributed by atoms with E-state index in [-0.39, 0.29) is 12.1 Å². The predicted octanol–water partition coefficient (Wildman–Crippen LogP) is 2.96. The Kier molecular flexibility index (Phi) is 5.76. The van der Waals surface area contributed by atoms with Crippen molar-refractivity contribution >= 4 is 17.4 Å². The number of aromatic nitrogens is 3. The third-order valence-corrected chi connectivity index (χ3v) is 5.37. The normalized spacial score (nSPS) is 20.2. The minimum Gasteiger partial charge on any atom is -0.370 e. The number of benzene rings is 1. The number of hydrogen-bond donors (Lipinski definition) is 2. The Hall–Kier alpha value is -2.61. The lowest BCUT2D eigenvalue weighted by molar-refractivity contribution is -0.0179. The molecule has 0 saturated carbocycles. The maximum atomic E-state index is 12.9. The molecule has 4 rings (SSSR count). The Morgan fingerprint density at radius 1 is 1.25 bits per heavy atom. The van der Waals surface area contributed by atoms with Crippen LogP contribution in [0.1, 0.15) is 43.9 Å². The third-order valence-electron chi connectivity index (χ3n) is 5.37. The molecule has 2 saturated heterocycles. The first-order valence-corrected chi connectivity index (χ1v) is 10.2. The molecule has 2 aliphatic heterocycles. The number of hydrogen-bond acceptors (Lipinski definition) is 5. The lowest BCUT2D eigenvalue weighted by Gasteiger charge is -2.33. The van der Waals surface area contributed by atoms with Crippen molar-refractivity contribution in [3.05, 3.63) is 35.9 Å². The van der Waals surface area contributed by atoms with Gasteiger partial charge in [-0.15, -0.1) is 0 Å². The van der Waals surface area contributed by atoms with Gasteiger partial charge in [0.05, 0.1) is 24.5 Å². The summed E-state index contributed by atoms with van der Waals surface area (Å²) < 4.78 is 5.80. The van der Waals surface area contributed by atoms with Gasteiger partial charge in [-0.05, 0) is 31.4 Å². The van der Waals surface area contributed by atoms with Gasteiger partial charge in [0.15, 0.2) is 5.82 Å². The molecule has 2 aliphatic rings. The quantitative estimate of drug-likeness (QED) is 0.846. The summed E-state index contributed by atoms with van der Waals surface area (Å²) in [5, 5.41) is 10.3. The van der Waals surface area contributed by atoms with Gasteiger partial charge in [0.25, 0.3) is 0 Å². The van der Waals surface area contributed by atoms with E-state index < -0.39 is 0 Å². The van der Waals surface area contributed by atoms with Gasteiger partial charge in [0.1, 0.15) is 11.9 Å². The van der Waals surface area contributed by atoms with Gasteiger partial charge in [-0.2, -0.15) is 5.10 Å². The second-order valence-electron chi connectivity index (χ2n) is 7.29. The number of nitrogens with one attached hydrogen (secondary N) is 2. The molecule has 8 heteroatoms. The molecule has 2 aromatic rings. The molecule has 1 unspecified atom stereocenters. The number of urea groups is 1. The van der Waals surface area contributed by atoms with Crippen LogP contribution in [0.2, 0.25) is 0 Å². The zero-order chi connectivity index (χ0) is 19.3. The van der Waals surface area contributed by atoms with E-state index in [0.717, 1.165) is 36.7 Å². The van der Waals surface area contributed by atoms with Crippen LogP contribution in [0.3, 0.4) is 0 Å². The van der Waals surface area contributed by atoms with Gasteiger partial charge in [0, 0.05) is 26.1 Å². The van der Waals surface area contributed by atoms with Crippen molar-refractivity contribution < 1.29 is 9.53 Å². The fraction of sp³-hybridized carbons (Fsp3) is 0.550. The smallest absolute Gasteiger partial charge is 0.322 e. The fourth-order valence-electron chi connectivity index (χ4n) is 3.79. The number of carbonyl (C=O) groups excluding carboxylic acids is 1. The molecule has 0 spiro atoms. The van der Waals surface area contributed by atoms with Crippen LogP contribution in [-0.2, 0) is 11.2 Å². The van der Waals surface area contributed by atoms with Crippen molar-refractivity contribution in [2.75, 3.05) is 43.0 Å². The minimum atomic E-state index is -0.298. The number of morpholine rings is 1. The van der Waals surface area contributed by atoms with Crippen molar-refractivity contribution in [2.45, 2.75) is 38.7 Å². The SMILES string of the molecule is CCc1nc(C2CN(C(=O)Nc3ccccc3N3CCCCC3)CCO2)n[nH]1. The second kappa shape index (κ2) is 8.60. The van der Waals surface area contributed by atoms with Crippen LogP contribution in [-0.4, -0.2) is 58.9 Å². The molecule has 0 radical (unpaired) electrons. The lowest BCUT2D eigenvalue weighted by Crippen LogP contribution is -2.44. The summed E-state index contributed by atoms with van der Waals surface area (Å²) in [6.07, 6.45) is 4.17. The van der Waals surface area contributed by atoms with Gasteiger partial charge in [-0.3, -0.25) is 5.10 Å². The number of piperidine rings is 1. The molecule has 0 aliphatic carbocycles. The largest absolute Gasteiger partial charge is 0.370 e. The Labute approximate surface area is 165 Å². The number of rotatable bonds is 4. The summed E-state index contributed by atoms with van der Waals surface area (Å²) in [4.78, 5) is 21.5. The summed E-state index contributed by atoms with van der Waals surface area (Å²) in [6.45, 7) is 5.57. The predicted molar refractivity (Wildman–Crippen MR) is 108 cm³/mol. The summed E-state index contributed by atoms with van der Waals surface area (Å²) in [7, 11) is 0. The molecule has 2 N–H and O–H groups in total. The highest BCUT2D eigenvalue weighted by Crippen LogP contribution is 2.29. The van der Waals surface area contributed by atoms with E-state index in [4.69, 9.17) is 4.74 Å². The highest BCUT2D eigenvalue weighted by Gasteiger charge is 2.28. The number of nitrogens with zero attached hydrogens (tertiary/aromatic N) is 4. The van der Waals surface area contributed by atoms with E-state index in [2.05, 4.69) is 31.5 Å². The topological polar surface area (TPSA) is 86.4 Å². The van der Waals surface area contributed by atoms with Crippen molar-refractivity contribution in [3.8, 4) is 0 Å². The molecular weight excluding hydrogens is 356 g/mol. The van der Waals surface area contributed by atoms with Gasteiger partial charge in [0.2, 0.25) is 0 Å². The van der Waals surface area contributed by atoms with E-state index in [9.17, 15) is 4.79 Å².